The molecule has 0 unspecified atom stereocenters. The summed E-state index contributed by atoms with van der Waals surface area (Å²) in [7, 11) is -12.0. The average molecular weight is 785 g/mol. The van der Waals surface area contributed by atoms with Crippen LogP contribution in [-0.4, -0.2) is 99.8 Å². The van der Waals surface area contributed by atoms with Gasteiger partial charge in [0.25, 0.3) is 20.2 Å². The fraction of sp³-hybridized carbons (Fsp3) is 0.514. The maximum atomic E-state index is 13.6. The zero-order valence-electron chi connectivity index (χ0n) is 29.4. The van der Waals surface area contributed by atoms with Crippen molar-refractivity contribution in [2.24, 2.45) is 0 Å². The lowest BCUT2D eigenvalue weighted by Crippen LogP contribution is -2.40. The Bertz CT molecular complexity index is 2090. The van der Waals surface area contributed by atoms with Gasteiger partial charge in [-0.25, -0.2) is 8.42 Å². The van der Waals surface area contributed by atoms with Crippen molar-refractivity contribution in [3.63, 3.8) is 0 Å². The molecular weight excluding hydrogens is 738 g/mol. The SMILES string of the molecule is CC1(C)C(=CC=CC2=[N+](CCCCS(=O)(=O)O)c3cc(Cl)ccc3C2(C)C)N(CCCCS(=O)(=O)O)c2cc(S(=O)(=O)N3CCOCC3)ccc21. The van der Waals surface area contributed by atoms with Crippen molar-refractivity contribution in [3.8, 4) is 0 Å². The topological polar surface area (TPSA) is 162 Å². The van der Waals surface area contributed by atoms with Crippen LogP contribution < -0.4 is 4.90 Å². The molecule has 3 heterocycles. The molecule has 1 fully saturated rings. The van der Waals surface area contributed by atoms with Gasteiger partial charge in [-0.15, -0.1) is 0 Å². The molecule has 16 heteroatoms. The monoisotopic (exact) mass is 784 g/mol. The van der Waals surface area contributed by atoms with Crippen LogP contribution in [0.2, 0.25) is 5.02 Å². The Morgan fingerprint density at radius 1 is 0.843 bits per heavy atom. The van der Waals surface area contributed by atoms with Gasteiger partial charge in [-0.2, -0.15) is 25.7 Å². The molecule has 0 spiro atoms. The Labute approximate surface area is 307 Å². The van der Waals surface area contributed by atoms with Crippen molar-refractivity contribution >= 4 is 58.9 Å². The summed E-state index contributed by atoms with van der Waals surface area (Å²) in [5, 5.41) is 0.574. The minimum atomic E-state index is -4.13. The summed E-state index contributed by atoms with van der Waals surface area (Å²) in [6.07, 6.45) is 7.41. The summed E-state index contributed by atoms with van der Waals surface area (Å²) in [6, 6.07) is 10.9. The number of rotatable bonds is 14. The number of fused-ring (bicyclic) bond motifs is 2. The maximum absolute atomic E-state index is 13.6. The highest BCUT2D eigenvalue weighted by atomic mass is 35.5. The third-order valence-electron chi connectivity index (χ3n) is 9.90. The van der Waals surface area contributed by atoms with E-state index in [0.29, 0.717) is 44.2 Å². The van der Waals surface area contributed by atoms with Crippen LogP contribution in [0.5, 0.6) is 0 Å². The normalized spacial score (nSPS) is 20.1. The molecule has 0 aromatic heterocycles. The third-order valence-corrected chi connectivity index (χ3v) is 13.6. The predicted molar refractivity (Wildman–Crippen MR) is 199 cm³/mol. The van der Waals surface area contributed by atoms with E-state index in [4.69, 9.17) is 16.3 Å². The lowest BCUT2D eigenvalue weighted by Gasteiger charge is -2.27. The standard InChI is InChI=1S/C35H46ClN3O9S3/c1-34(2)28-14-12-26(36)24-30(28)38(16-5-7-22-49(40,41)42)32(34)10-9-11-33-35(3,4)29-15-13-27(51(46,47)37-18-20-48-21-19-37)25-31(29)39(33)17-6-8-23-50(43,44)45/h9-15,24-25H,5-8,16-23H2,1-4H3,(H-,40,41,42,43,44,45)/p+1. The molecule has 5 rings (SSSR count). The van der Waals surface area contributed by atoms with Crippen LogP contribution in [0, 0.1) is 0 Å². The molecule has 0 aliphatic carbocycles. The number of sulfonamides is 1. The highest BCUT2D eigenvalue weighted by molar-refractivity contribution is 7.89. The first-order valence-electron chi connectivity index (χ1n) is 17.0. The van der Waals surface area contributed by atoms with Crippen molar-refractivity contribution in [1.29, 1.82) is 0 Å². The van der Waals surface area contributed by atoms with E-state index < -0.39 is 41.1 Å². The number of morpholine rings is 1. The summed E-state index contributed by atoms with van der Waals surface area (Å²) >= 11 is 6.42. The highest BCUT2D eigenvalue weighted by Crippen LogP contribution is 2.49. The van der Waals surface area contributed by atoms with Gasteiger partial charge in [-0.1, -0.05) is 37.6 Å². The molecule has 0 radical (unpaired) electrons. The van der Waals surface area contributed by atoms with Crippen LogP contribution >= 0.6 is 11.6 Å². The van der Waals surface area contributed by atoms with E-state index in [2.05, 4.69) is 32.3 Å². The summed E-state index contributed by atoms with van der Waals surface area (Å²) in [4.78, 5) is 2.21. The van der Waals surface area contributed by atoms with Crippen LogP contribution in [0.4, 0.5) is 11.4 Å². The van der Waals surface area contributed by atoms with Crippen LogP contribution in [0.25, 0.3) is 0 Å². The molecule has 2 N–H and O–H groups in total. The van der Waals surface area contributed by atoms with Crippen LogP contribution in [0.1, 0.15) is 64.5 Å². The Kier molecular flexibility index (Phi) is 11.6. The summed E-state index contributed by atoms with van der Waals surface area (Å²) in [5.74, 6) is -0.700. The number of unbranched alkanes of at least 4 members (excludes halogenated alkanes) is 2. The Hall–Kier alpha value is -2.63. The first-order chi connectivity index (χ1) is 23.7. The number of anilines is 1. The van der Waals surface area contributed by atoms with Gasteiger partial charge in [0.05, 0.1) is 35.0 Å². The summed E-state index contributed by atoms with van der Waals surface area (Å²) in [5.41, 5.74) is 4.52. The second kappa shape index (κ2) is 15.0. The van der Waals surface area contributed by atoms with Gasteiger partial charge in [-0.05, 0) is 69.0 Å². The number of halogens is 1. The molecule has 1 saturated heterocycles. The molecule has 51 heavy (non-hydrogen) atoms. The molecule has 0 bridgehead atoms. The van der Waals surface area contributed by atoms with Crippen LogP contribution in [0.3, 0.4) is 0 Å². The minimum Gasteiger partial charge on any atom is -0.379 e. The zero-order chi connectivity index (χ0) is 37.4. The summed E-state index contributed by atoms with van der Waals surface area (Å²) in [6.45, 7) is 10.4. The first kappa shape index (κ1) is 39.6. The van der Waals surface area contributed by atoms with E-state index in [9.17, 15) is 34.4 Å². The maximum Gasteiger partial charge on any atom is 0.264 e. The van der Waals surface area contributed by atoms with E-state index in [0.717, 1.165) is 33.9 Å². The minimum absolute atomic E-state index is 0.169. The number of hydrogen-bond acceptors (Lipinski definition) is 8. The molecule has 3 aliphatic heterocycles. The Balaban J connectivity index is 1.53. The van der Waals surface area contributed by atoms with E-state index in [1.165, 1.54) is 4.31 Å². The van der Waals surface area contributed by atoms with Gasteiger partial charge >= 0.3 is 0 Å². The number of hydrogen-bond donors (Lipinski definition) is 2. The predicted octanol–water partition coefficient (Wildman–Crippen LogP) is 5.31. The molecule has 2 aromatic rings. The van der Waals surface area contributed by atoms with Gasteiger partial charge < -0.3 is 9.64 Å². The van der Waals surface area contributed by atoms with Crippen molar-refractivity contribution in [2.45, 2.75) is 69.1 Å². The number of ether oxygens (including phenoxy) is 1. The molecular formula is C35H47ClN3O9S3+. The fourth-order valence-electron chi connectivity index (χ4n) is 7.24. The molecule has 12 nitrogen and oxygen atoms in total. The van der Waals surface area contributed by atoms with Gasteiger partial charge in [0.1, 0.15) is 6.54 Å². The zero-order valence-corrected chi connectivity index (χ0v) is 32.6. The first-order valence-corrected chi connectivity index (χ1v) is 22.0. The second-order valence-electron chi connectivity index (χ2n) is 14.2. The second-order valence-corrected chi connectivity index (χ2v) is 19.7. The van der Waals surface area contributed by atoms with Crippen LogP contribution in [-0.2, 0) is 45.8 Å². The quantitative estimate of drug-likeness (QED) is 0.146. The molecule has 280 valence electrons. The lowest BCUT2D eigenvalue weighted by molar-refractivity contribution is -0.438. The van der Waals surface area contributed by atoms with E-state index in [1.54, 1.807) is 12.1 Å². The number of benzene rings is 2. The van der Waals surface area contributed by atoms with Crippen LogP contribution in [0.15, 0.2) is 65.2 Å². The number of nitrogens with zero attached hydrogens (tertiary/aromatic N) is 3. The largest absolute Gasteiger partial charge is 0.379 e. The smallest absolute Gasteiger partial charge is 0.264 e. The van der Waals surface area contributed by atoms with Crippen molar-refractivity contribution in [2.75, 3.05) is 55.8 Å². The molecule has 2 aromatic carbocycles. The molecule has 0 saturated carbocycles. The van der Waals surface area contributed by atoms with Crippen molar-refractivity contribution in [1.82, 2.24) is 4.31 Å². The molecule has 0 amide bonds. The average Bonchev–Trinajstić information content (AvgIpc) is 3.38. The third kappa shape index (κ3) is 8.78. The number of allylic oxidation sites excluding steroid dienone is 4. The fourth-order valence-corrected chi connectivity index (χ4v) is 9.98. The lowest BCUT2D eigenvalue weighted by atomic mass is 9.81. The van der Waals surface area contributed by atoms with Gasteiger partial charge in [0.2, 0.25) is 15.7 Å². The van der Waals surface area contributed by atoms with Gasteiger partial charge in [0.15, 0.2) is 5.71 Å². The van der Waals surface area contributed by atoms with Crippen molar-refractivity contribution in [3.05, 3.63) is 76.5 Å². The molecule has 3 aliphatic rings. The summed E-state index contributed by atoms with van der Waals surface area (Å²) < 4.78 is 100. The van der Waals surface area contributed by atoms with E-state index >= 15 is 0 Å². The van der Waals surface area contributed by atoms with E-state index in [-0.39, 0.29) is 42.3 Å². The van der Waals surface area contributed by atoms with Gasteiger partial charge in [0, 0.05) is 65.6 Å². The van der Waals surface area contributed by atoms with E-state index in [1.807, 2.05) is 47.4 Å². The Morgan fingerprint density at radius 2 is 1.47 bits per heavy atom. The van der Waals surface area contributed by atoms with Crippen molar-refractivity contribution < 1.29 is 43.7 Å². The Morgan fingerprint density at radius 3 is 2.12 bits per heavy atom. The highest BCUT2D eigenvalue weighted by Gasteiger charge is 2.45. The molecule has 0 atom stereocenters. The van der Waals surface area contributed by atoms with Gasteiger partial charge in [-0.3, -0.25) is 9.11 Å².